The van der Waals surface area contributed by atoms with E-state index in [4.69, 9.17) is 16.1 Å². The minimum atomic E-state index is 0.719. The van der Waals surface area contributed by atoms with Gasteiger partial charge >= 0.3 is 0 Å². The van der Waals surface area contributed by atoms with Gasteiger partial charge in [0.2, 0.25) is 0 Å². The molecule has 198 valence electrons. The number of hydrogen-bond donors (Lipinski definition) is 1. The van der Waals surface area contributed by atoms with Crippen LogP contribution < -0.4 is 5.32 Å². The molecule has 0 atom stereocenters. The van der Waals surface area contributed by atoms with Crippen molar-refractivity contribution in [1.82, 2.24) is 19.9 Å². The number of benzene rings is 1. The van der Waals surface area contributed by atoms with E-state index in [2.05, 4.69) is 22.4 Å². The van der Waals surface area contributed by atoms with Crippen molar-refractivity contribution >= 4 is 40.1 Å². The van der Waals surface area contributed by atoms with Crippen LogP contribution in [0.3, 0.4) is 0 Å². The van der Waals surface area contributed by atoms with E-state index in [-0.39, 0.29) is 0 Å². The van der Waals surface area contributed by atoms with Gasteiger partial charge < -0.3 is 19.3 Å². The first kappa shape index (κ1) is 27.6. The molecule has 1 saturated carbocycles. The predicted octanol–water partition coefficient (Wildman–Crippen LogP) is 6.97. The van der Waals surface area contributed by atoms with Crippen molar-refractivity contribution in [3.05, 3.63) is 64.3 Å². The molecule has 2 fully saturated rings. The van der Waals surface area contributed by atoms with Gasteiger partial charge in [0.1, 0.15) is 0 Å². The maximum absolute atomic E-state index is 10.6. The average Bonchev–Trinajstić information content (AvgIpc) is 3.73. The Labute approximate surface area is 228 Å². The Hall–Kier alpha value is -2.45. The summed E-state index contributed by atoms with van der Waals surface area (Å²) in [7, 11) is 3.99. The van der Waals surface area contributed by atoms with Gasteiger partial charge in [-0.3, -0.25) is 4.79 Å². The monoisotopic (exact) mass is 540 g/mol. The van der Waals surface area contributed by atoms with Crippen molar-refractivity contribution in [2.75, 3.05) is 20.1 Å². The number of fused-ring (bicyclic) bond motifs is 1. The number of nitrogens with zero attached hydrogens (tertiary/aromatic N) is 3. The molecule has 2 aliphatic rings. The highest BCUT2D eigenvalue weighted by atomic mass is 35.5. The number of para-hydroxylation sites is 1. The average molecular weight is 541 g/mol. The second kappa shape index (κ2) is 13.4. The highest BCUT2D eigenvalue weighted by Gasteiger charge is 2.26. The van der Waals surface area contributed by atoms with E-state index in [9.17, 15) is 4.79 Å². The predicted molar refractivity (Wildman–Crippen MR) is 154 cm³/mol. The van der Waals surface area contributed by atoms with E-state index >= 15 is 0 Å². The highest BCUT2D eigenvalue weighted by Crippen LogP contribution is 2.31. The Balaban J connectivity index is 0.000000130. The number of rotatable bonds is 4. The number of likely N-dealkylation sites (tertiary alicyclic amines) is 1. The number of thiophene rings is 1. The Morgan fingerprint density at radius 1 is 1.08 bits per heavy atom. The summed E-state index contributed by atoms with van der Waals surface area (Å²) in [5.41, 5.74) is 2.70. The van der Waals surface area contributed by atoms with Crippen LogP contribution in [0, 0.1) is 6.92 Å². The van der Waals surface area contributed by atoms with Gasteiger partial charge in [0.15, 0.2) is 12.0 Å². The van der Waals surface area contributed by atoms with E-state index < -0.39 is 0 Å². The fourth-order valence-corrected chi connectivity index (χ4v) is 6.16. The molecule has 0 bridgehead atoms. The number of aromatic nitrogens is 2. The Bertz CT molecular complexity index is 1230. The van der Waals surface area contributed by atoms with Crippen molar-refractivity contribution in [2.24, 2.45) is 7.05 Å². The summed E-state index contributed by atoms with van der Waals surface area (Å²) in [4.78, 5) is 14.3. The number of carbonyl (C=O) groups excluding carboxylic acids is 1. The summed E-state index contributed by atoms with van der Waals surface area (Å²) in [6.07, 6.45) is 9.45. The first-order valence-corrected chi connectivity index (χ1v) is 14.3. The quantitative estimate of drug-likeness (QED) is 0.283. The number of carbonyl (C=O) groups is 1. The van der Waals surface area contributed by atoms with E-state index in [1.54, 1.807) is 0 Å². The molecule has 37 heavy (non-hydrogen) atoms. The van der Waals surface area contributed by atoms with E-state index in [1.807, 2.05) is 67.1 Å². The number of aryl methyl sites for hydroxylation is 2. The molecule has 1 aromatic carbocycles. The maximum atomic E-state index is 10.6. The smallest absolute Gasteiger partial charge is 0.177 e. The summed E-state index contributed by atoms with van der Waals surface area (Å²) >= 11 is 7.26. The maximum Gasteiger partial charge on any atom is 0.177 e. The Morgan fingerprint density at radius 2 is 1.81 bits per heavy atom. The third kappa shape index (κ3) is 7.32. The summed E-state index contributed by atoms with van der Waals surface area (Å²) in [6, 6.07) is 17.2. The minimum absolute atomic E-state index is 0.719. The molecule has 0 spiro atoms. The first-order chi connectivity index (χ1) is 18.0. The van der Waals surface area contributed by atoms with Crippen molar-refractivity contribution in [3.63, 3.8) is 0 Å². The van der Waals surface area contributed by atoms with Gasteiger partial charge in [-0.1, -0.05) is 47.8 Å². The molecule has 6 nitrogen and oxygen atoms in total. The van der Waals surface area contributed by atoms with Crippen LogP contribution in [-0.4, -0.2) is 53.1 Å². The van der Waals surface area contributed by atoms with Gasteiger partial charge in [0, 0.05) is 36.1 Å². The van der Waals surface area contributed by atoms with Crippen molar-refractivity contribution < 1.29 is 9.32 Å². The Morgan fingerprint density at radius 3 is 2.38 bits per heavy atom. The lowest BCUT2D eigenvalue weighted by atomic mass is 10.0. The SMILES string of the molecule is CNC1CCN(C2CCCC2)CC1.Cc1cc(-c2ccc(Cl)s2)on1.Cn1c(C=O)cc2ccccc21. The van der Waals surface area contributed by atoms with E-state index in [1.165, 1.54) is 63.0 Å². The zero-order valence-electron chi connectivity index (χ0n) is 22.0. The lowest BCUT2D eigenvalue weighted by Crippen LogP contribution is -2.45. The molecule has 4 heterocycles. The van der Waals surface area contributed by atoms with E-state index in [0.29, 0.717) is 0 Å². The molecular formula is C29H37ClN4O2S. The second-order valence-electron chi connectivity index (χ2n) is 9.78. The summed E-state index contributed by atoms with van der Waals surface area (Å²) in [5, 5.41) is 8.29. The lowest BCUT2D eigenvalue weighted by molar-refractivity contribution is 0.111. The van der Waals surface area contributed by atoms with Crippen LogP contribution >= 0.6 is 22.9 Å². The number of halogens is 1. The topological polar surface area (TPSA) is 63.3 Å². The van der Waals surface area contributed by atoms with Crippen LogP contribution in [-0.2, 0) is 7.05 Å². The third-order valence-electron chi connectivity index (χ3n) is 7.33. The van der Waals surface area contributed by atoms with E-state index in [0.717, 1.165) is 55.6 Å². The molecular weight excluding hydrogens is 504 g/mol. The normalized spacial score (nSPS) is 16.8. The highest BCUT2D eigenvalue weighted by molar-refractivity contribution is 7.19. The summed E-state index contributed by atoms with van der Waals surface area (Å²) in [6.45, 7) is 4.55. The van der Waals surface area contributed by atoms with Crippen molar-refractivity contribution in [2.45, 2.75) is 57.5 Å². The third-order valence-corrected chi connectivity index (χ3v) is 8.58. The lowest BCUT2D eigenvalue weighted by Gasteiger charge is -2.35. The minimum Gasteiger partial charge on any atom is -0.355 e. The van der Waals surface area contributed by atoms with Gasteiger partial charge in [-0.15, -0.1) is 11.3 Å². The van der Waals surface area contributed by atoms with Crippen molar-refractivity contribution in [3.8, 4) is 10.6 Å². The van der Waals surface area contributed by atoms with Crippen LogP contribution in [0.1, 0.15) is 54.7 Å². The molecule has 3 aromatic heterocycles. The fraction of sp³-hybridized carbons (Fsp3) is 0.448. The number of nitrogens with one attached hydrogen (secondary N) is 1. The number of hydrogen-bond acceptors (Lipinski definition) is 6. The van der Waals surface area contributed by atoms with Crippen LogP contribution in [0.25, 0.3) is 21.5 Å². The van der Waals surface area contributed by atoms with Gasteiger partial charge in [0.25, 0.3) is 0 Å². The van der Waals surface area contributed by atoms with Gasteiger partial charge in [-0.05, 0) is 77.0 Å². The van der Waals surface area contributed by atoms with Crippen LogP contribution in [0.5, 0.6) is 0 Å². The zero-order valence-corrected chi connectivity index (χ0v) is 23.5. The molecule has 8 heteroatoms. The van der Waals surface area contributed by atoms with Gasteiger partial charge in [0.05, 0.1) is 20.6 Å². The summed E-state index contributed by atoms with van der Waals surface area (Å²) in [5.74, 6) is 0.782. The molecule has 1 aliphatic carbocycles. The van der Waals surface area contributed by atoms with Crippen LogP contribution in [0.4, 0.5) is 0 Å². The van der Waals surface area contributed by atoms with Crippen LogP contribution in [0.15, 0.2) is 53.1 Å². The standard InChI is InChI=1S/C11H22N2.C10H9NO.C8H6ClNOS/c1-12-10-6-8-13(9-7-10)11-4-2-3-5-11;1-11-9(7-12)6-8-4-2-3-5-10(8)11;1-5-4-6(11-10-5)7-2-3-8(9)12-7/h10-12H,2-9H2,1H3;2-7H,1H3;2-4H,1H3. The van der Waals surface area contributed by atoms with Crippen LogP contribution in [0.2, 0.25) is 4.34 Å². The Kier molecular flexibility index (Phi) is 9.97. The number of piperidine rings is 1. The molecule has 0 unspecified atom stereocenters. The van der Waals surface area contributed by atoms with Gasteiger partial charge in [-0.25, -0.2) is 0 Å². The van der Waals surface area contributed by atoms with Crippen molar-refractivity contribution in [1.29, 1.82) is 0 Å². The molecule has 1 saturated heterocycles. The molecule has 6 rings (SSSR count). The summed E-state index contributed by atoms with van der Waals surface area (Å²) < 4.78 is 7.72. The number of aldehydes is 1. The second-order valence-corrected chi connectivity index (χ2v) is 11.5. The molecule has 1 aliphatic heterocycles. The molecule has 0 amide bonds. The molecule has 0 radical (unpaired) electrons. The van der Waals surface area contributed by atoms with Gasteiger partial charge in [-0.2, -0.15) is 0 Å². The largest absolute Gasteiger partial charge is 0.355 e. The molecule has 1 N–H and O–H groups in total. The first-order valence-electron chi connectivity index (χ1n) is 13.1. The fourth-order valence-electron chi connectivity index (χ4n) is 5.17. The zero-order chi connectivity index (χ0) is 26.2. The molecule has 4 aromatic rings.